The van der Waals surface area contributed by atoms with E-state index in [1.165, 1.54) is 4.31 Å². The molecule has 2 unspecified atom stereocenters. The zero-order valence-electron chi connectivity index (χ0n) is 29.6. The molecule has 0 saturated carbocycles. The van der Waals surface area contributed by atoms with Crippen molar-refractivity contribution in [2.75, 3.05) is 62.2 Å². The van der Waals surface area contributed by atoms with Crippen molar-refractivity contribution < 1.29 is 32.6 Å². The van der Waals surface area contributed by atoms with Crippen LogP contribution in [0.5, 0.6) is 0 Å². The number of alkyl carbamates (subject to hydrolysis) is 1. The lowest BCUT2D eigenvalue weighted by Gasteiger charge is -2.49. The number of hydrogen-bond acceptors (Lipinski definition) is 10. The van der Waals surface area contributed by atoms with Crippen LogP contribution in [0.2, 0.25) is 0 Å². The predicted molar refractivity (Wildman–Crippen MR) is 191 cm³/mol. The Balaban J connectivity index is 0.887. The van der Waals surface area contributed by atoms with Crippen LogP contribution in [-0.2, 0) is 26.1 Å². The average Bonchev–Trinajstić information content (AvgIpc) is 3.39. The number of benzene rings is 2. The second-order valence-electron chi connectivity index (χ2n) is 15.3. The first-order valence-corrected chi connectivity index (χ1v) is 19.4. The van der Waals surface area contributed by atoms with Gasteiger partial charge in [-0.1, -0.05) is 6.07 Å². The fourth-order valence-corrected chi connectivity index (χ4v) is 9.35. The number of sulfonamides is 1. The summed E-state index contributed by atoms with van der Waals surface area (Å²) in [6, 6.07) is 13.1. The van der Waals surface area contributed by atoms with Crippen molar-refractivity contribution in [1.29, 1.82) is 0 Å². The minimum absolute atomic E-state index is 0.103. The van der Waals surface area contributed by atoms with E-state index in [-0.39, 0.29) is 22.8 Å². The summed E-state index contributed by atoms with van der Waals surface area (Å²) >= 11 is 0. The Labute approximate surface area is 299 Å². The summed E-state index contributed by atoms with van der Waals surface area (Å²) in [6.45, 7) is 11.6. The molecule has 5 aliphatic rings. The summed E-state index contributed by atoms with van der Waals surface area (Å²) in [5, 5.41) is 15.8. The number of amides is 3. The number of carbonyl (C=O) groups is 3. The van der Waals surface area contributed by atoms with Crippen LogP contribution in [-0.4, -0.2) is 128 Å². The zero-order chi connectivity index (χ0) is 36.1. The lowest BCUT2D eigenvalue weighted by atomic mass is 10.0. The van der Waals surface area contributed by atoms with Crippen molar-refractivity contribution >= 4 is 39.3 Å². The van der Waals surface area contributed by atoms with E-state index in [1.54, 1.807) is 17.0 Å². The largest absolute Gasteiger partial charge is 0.444 e. The Bertz CT molecular complexity index is 1760. The number of fused-ring (bicyclic) bond motifs is 1. The quantitative estimate of drug-likeness (QED) is 0.386. The van der Waals surface area contributed by atoms with Crippen LogP contribution in [0.25, 0.3) is 0 Å². The van der Waals surface area contributed by atoms with Gasteiger partial charge in [0.2, 0.25) is 15.9 Å². The normalized spacial score (nSPS) is 24.3. The van der Waals surface area contributed by atoms with Crippen molar-refractivity contribution in [2.24, 2.45) is 0 Å². The van der Waals surface area contributed by atoms with Gasteiger partial charge in [-0.15, -0.1) is 0 Å². The number of nitrogens with zero attached hydrogens (tertiary/aromatic N) is 5. The van der Waals surface area contributed by atoms with E-state index in [9.17, 15) is 27.9 Å². The van der Waals surface area contributed by atoms with Gasteiger partial charge in [0.25, 0.3) is 5.91 Å². The maximum Gasteiger partial charge on any atom is 0.407 e. The predicted octanol–water partition coefficient (Wildman–Crippen LogP) is 1.93. The third-order valence-electron chi connectivity index (χ3n) is 10.7. The third-order valence-corrected chi connectivity index (χ3v) is 12.6. The van der Waals surface area contributed by atoms with Gasteiger partial charge in [0.05, 0.1) is 10.9 Å². The van der Waals surface area contributed by atoms with Gasteiger partial charge < -0.3 is 35.2 Å². The molecule has 276 valence electrons. The second kappa shape index (κ2) is 13.9. The first-order chi connectivity index (χ1) is 24.2. The smallest absolute Gasteiger partial charge is 0.407 e. The molecule has 14 nitrogen and oxygen atoms in total. The van der Waals surface area contributed by atoms with Crippen LogP contribution >= 0.6 is 0 Å². The van der Waals surface area contributed by atoms with E-state index in [2.05, 4.69) is 31.4 Å². The fourth-order valence-electron chi connectivity index (χ4n) is 7.84. The lowest BCUT2D eigenvalue weighted by molar-refractivity contribution is -0.129. The summed E-state index contributed by atoms with van der Waals surface area (Å²) in [5.41, 5.74) is 3.00. The van der Waals surface area contributed by atoms with Crippen molar-refractivity contribution in [3.63, 3.8) is 0 Å². The SMILES string of the molecule is CC(C)(C)OC(=O)NC1CCN(S(=O)(=O)c2cccc(N3CCN(C4CN(c5ccc6c(c5)CN(C5CCC(=O)NC5O)C6=O)C4)CC3)c2)CC1. The van der Waals surface area contributed by atoms with Crippen LogP contribution in [0.3, 0.4) is 0 Å². The van der Waals surface area contributed by atoms with Gasteiger partial charge in [-0.2, -0.15) is 4.31 Å². The molecule has 51 heavy (non-hydrogen) atoms. The molecule has 4 saturated heterocycles. The molecule has 7 rings (SSSR count). The lowest BCUT2D eigenvalue weighted by Crippen LogP contribution is -2.63. The molecule has 2 aromatic rings. The number of ether oxygens (including phenoxy) is 1. The molecule has 0 bridgehead atoms. The molecule has 15 heteroatoms. The van der Waals surface area contributed by atoms with Gasteiger partial charge in [-0.05, 0) is 82.0 Å². The van der Waals surface area contributed by atoms with E-state index >= 15 is 0 Å². The number of rotatable bonds is 7. The maximum absolute atomic E-state index is 13.6. The van der Waals surface area contributed by atoms with Gasteiger partial charge >= 0.3 is 6.09 Å². The Morgan fingerprint density at radius 2 is 1.63 bits per heavy atom. The maximum atomic E-state index is 13.6. The standard InChI is InChI=1S/C36H49N7O7S/c1-36(2,3)50-35(47)37-25-11-13-42(14-12-25)51(48,49)29-6-4-5-26(20-29)39-15-17-40(18-16-39)28-22-41(23-28)27-7-8-30-24(19-27)21-43(34(30)46)31-9-10-32(44)38-33(31)45/h4-8,19-20,25,28,31,33,45H,9-18,21-23H2,1-3H3,(H,37,47)(H,38,44). The zero-order valence-corrected chi connectivity index (χ0v) is 30.4. The highest BCUT2D eigenvalue weighted by Gasteiger charge is 2.40. The van der Waals surface area contributed by atoms with Gasteiger partial charge in [-0.25, -0.2) is 13.2 Å². The van der Waals surface area contributed by atoms with Gasteiger partial charge in [0.15, 0.2) is 0 Å². The van der Waals surface area contributed by atoms with Crippen LogP contribution in [0, 0.1) is 0 Å². The van der Waals surface area contributed by atoms with E-state index in [1.807, 2.05) is 45.0 Å². The van der Waals surface area contributed by atoms with E-state index in [0.717, 1.165) is 56.2 Å². The van der Waals surface area contributed by atoms with Crippen LogP contribution in [0.4, 0.5) is 16.2 Å². The fraction of sp³-hybridized carbons (Fsp3) is 0.583. The van der Waals surface area contributed by atoms with Gasteiger partial charge in [0, 0.05) is 94.3 Å². The summed E-state index contributed by atoms with van der Waals surface area (Å²) in [5.74, 6) is -0.298. The molecule has 3 amide bonds. The topological polar surface area (TPSA) is 155 Å². The van der Waals surface area contributed by atoms with E-state index in [0.29, 0.717) is 56.9 Å². The number of carbonyl (C=O) groups excluding carboxylic acids is 3. The van der Waals surface area contributed by atoms with Crippen molar-refractivity contribution in [1.82, 2.24) is 24.7 Å². The molecular formula is C36H49N7O7S. The average molecular weight is 724 g/mol. The molecule has 3 N–H and O–H groups in total. The summed E-state index contributed by atoms with van der Waals surface area (Å²) in [4.78, 5) is 46.0. The number of piperidine rings is 2. The Morgan fingerprint density at radius 3 is 2.31 bits per heavy atom. The van der Waals surface area contributed by atoms with Gasteiger partial charge in [0.1, 0.15) is 11.8 Å². The van der Waals surface area contributed by atoms with E-state index in [4.69, 9.17) is 4.74 Å². The number of hydrogen-bond donors (Lipinski definition) is 3. The molecule has 0 radical (unpaired) electrons. The first-order valence-electron chi connectivity index (χ1n) is 18.0. The summed E-state index contributed by atoms with van der Waals surface area (Å²) < 4.78 is 34.1. The number of anilines is 2. The molecule has 0 aliphatic carbocycles. The number of aliphatic hydroxyl groups is 1. The Morgan fingerprint density at radius 1 is 0.922 bits per heavy atom. The number of aliphatic hydroxyl groups excluding tert-OH is 1. The highest BCUT2D eigenvalue weighted by Crippen LogP contribution is 2.34. The minimum atomic E-state index is -3.68. The molecule has 5 aliphatic heterocycles. The molecular weight excluding hydrogens is 675 g/mol. The summed E-state index contributed by atoms with van der Waals surface area (Å²) in [7, 11) is -3.68. The summed E-state index contributed by atoms with van der Waals surface area (Å²) in [6.07, 6.45) is 0.259. The molecule has 0 spiro atoms. The number of piperazine rings is 1. The Kier molecular flexibility index (Phi) is 9.67. The van der Waals surface area contributed by atoms with Gasteiger partial charge in [-0.3, -0.25) is 14.5 Å². The third kappa shape index (κ3) is 7.52. The van der Waals surface area contributed by atoms with Crippen molar-refractivity contribution in [2.45, 2.75) is 87.8 Å². The molecule has 2 aromatic carbocycles. The highest BCUT2D eigenvalue weighted by molar-refractivity contribution is 7.89. The Hall–Kier alpha value is -3.92. The number of nitrogens with one attached hydrogen (secondary N) is 2. The monoisotopic (exact) mass is 723 g/mol. The second-order valence-corrected chi connectivity index (χ2v) is 17.2. The highest BCUT2D eigenvalue weighted by atomic mass is 32.2. The molecule has 5 heterocycles. The minimum Gasteiger partial charge on any atom is -0.444 e. The van der Waals surface area contributed by atoms with Crippen molar-refractivity contribution in [3.8, 4) is 0 Å². The molecule has 2 atom stereocenters. The van der Waals surface area contributed by atoms with Crippen molar-refractivity contribution in [3.05, 3.63) is 53.6 Å². The van der Waals surface area contributed by atoms with Crippen LogP contribution in [0.1, 0.15) is 62.4 Å². The molecule has 0 aromatic heterocycles. The van der Waals surface area contributed by atoms with Crippen LogP contribution in [0.15, 0.2) is 47.4 Å². The molecule has 4 fully saturated rings. The van der Waals surface area contributed by atoms with E-state index < -0.39 is 34.0 Å². The first kappa shape index (κ1) is 35.5. The van der Waals surface area contributed by atoms with Crippen LogP contribution < -0.4 is 20.4 Å².